The SMILES string of the molecule is CN(C)CCn1nc(C(=O)O)cc1-c1cc[nH]c1. The maximum absolute atomic E-state index is 11.0. The molecule has 2 aromatic heterocycles. The average Bonchev–Trinajstić information content (AvgIpc) is 2.95. The minimum Gasteiger partial charge on any atom is -0.476 e. The van der Waals surface area contributed by atoms with Crippen molar-refractivity contribution in [2.75, 3.05) is 20.6 Å². The normalized spacial score (nSPS) is 11.1. The van der Waals surface area contributed by atoms with Gasteiger partial charge in [0.25, 0.3) is 0 Å². The summed E-state index contributed by atoms with van der Waals surface area (Å²) in [5, 5.41) is 13.1. The van der Waals surface area contributed by atoms with Gasteiger partial charge in [0, 0.05) is 24.5 Å². The van der Waals surface area contributed by atoms with Gasteiger partial charge in [0.05, 0.1) is 12.2 Å². The summed E-state index contributed by atoms with van der Waals surface area (Å²) >= 11 is 0. The second kappa shape index (κ2) is 5.05. The highest BCUT2D eigenvalue weighted by atomic mass is 16.4. The summed E-state index contributed by atoms with van der Waals surface area (Å²) in [6, 6.07) is 3.50. The highest BCUT2D eigenvalue weighted by Crippen LogP contribution is 2.20. The number of nitrogens with one attached hydrogen (secondary N) is 1. The standard InChI is InChI=1S/C12H16N4O2/c1-15(2)5-6-16-11(9-3-4-13-8-9)7-10(14-16)12(17)18/h3-4,7-8,13H,5-6H2,1-2H3,(H,17,18). The number of likely N-dealkylation sites (N-methyl/N-ethyl adjacent to an activating group) is 1. The molecule has 6 nitrogen and oxygen atoms in total. The van der Waals surface area contributed by atoms with Gasteiger partial charge in [-0.2, -0.15) is 5.10 Å². The number of carbonyl (C=O) groups is 1. The van der Waals surface area contributed by atoms with E-state index in [1.165, 1.54) is 0 Å². The summed E-state index contributed by atoms with van der Waals surface area (Å²) in [5.74, 6) is -1.00. The lowest BCUT2D eigenvalue weighted by atomic mass is 10.2. The minimum atomic E-state index is -1.00. The maximum Gasteiger partial charge on any atom is 0.356 e. The first kappa shape index (κ1) is 12.4. The van der Waals surface area contributed by atoms with Crippen LogP contribution in [0.25, 0.3) is 11.3 Å². The zero-order valence-corrected chi connectivity index (χ0v) is 10.4. The topological polar surface area (TPSA) is 74.2 Å². The molecule has 0 saturated carbocycles. The van der Waals surface area contributed by atoms with Gasteiger partial charge in [0.15, 0.2) is 5.69 Å². The molecule has 0 radical (unpaired) electrons. The van der Waals surface area contributed by atoms with Gasteiger partial charge < -0.3 is 15.0 Å². The second-order valence-electron chi connectivity index (χ2n) is 4.35. The van der Waals surface area contributed by atoms with Gasteiger partial charge in [-0.05, 0) is 26.2 Å². The number of aromatic nitrogens is 3. The largest absolute Gasteiger partial charge is 0.476 e. The molecule has 0 aliphatic carbocycles. The molecule has 2 aromatic rings. The Kier molecular flexibility index (Phi) is 3.47. The van der Waals surface area contributed by atoms with Crippen molar-refractivity contribution in [2.24, 2.45) is 0 Å². The van der Waals surface area contributed by atoms with Crippen molar-refractivity contribution in [1.29, 1.82) is 0 Å². The molecular formula is C12H16N4O2. The number of carboxylic acid groups (broad SMARTS) is 1. The third-order valence-corrected chi connectivity index (χ3v) is 2.65. The van der Waals surface area contributed by atoms with Crippen LogP contribution < -0.4 is 0 Å². The van der Waals surface area contributed by atoms with Gasteiger partial charge >= 0.3 is 5.97 Å². The third kappa shape index (κ3) is 2.60. The van der Waals surface area contributed by atoms with Crippen LogP contribution in [0.5, 0.6) is 0 Å². The van der Waals surface area contributed by atoms with Crippen molar-refractivity contribution in [1.82, 2.24) is 19.7 Å². The Morgan fingerprint density at radius 2 is 2.33 bits per heavy atom. The first-order chi connectivity index (χ1) is 8.58. The molecule has 96 valence electrons. The molecule has 2 rings (SSSR count). The van der Waals surface area contributed by atoms with Crippen molar-refractivity contribution in [3.05, 3.63) is 30.2 Å². The lowest BCUT2D eigenvalue weighted by Gasteiger charge is -2.11. The van der Waals surface area contributed by atoms with Crippen molar-refractivity contribution < 1.29 is 9.90 Å². The van der Waals surface area contributed by atoms with E-state index >= 15 is 0 Å². The van der Waals surface area contributed by atoms with Gasteiger partial charge in [0.2, 0.25) is 0 Å². The van der Waals surface area contributed by atoms with Crippen LogP contribution in [0.1, 0.15) is 10.5 Å². The van der Waals surface area contributed by atoms with E-state index in [4.69, 9.17) is 5.11 Å². The second-order valence-corrected chi connectivity index (χ2v) is 4.35. The van der Waals surface area contributed by atoms with Crippen LogP contribution in [0.3, 0.4) is 0 Å². The molecule has 0 unspecified atom stereocenters. The lowest BCUT2D eigenvalue weighted by Crippen LogP contribution is -2.19. The van der Waals surface area contributed by atoms with E-state index in [1.54, 1.807) is 16.9 Å². The van der Waals surface area contributed by atoms with Gasteiger partial charge in [-0.3, -0.25) is 4.68 Å². The Bertz CT molecular complexity index is 528. The van der Waals surface area contributed by atoms with Crippen molar-refractivity contribution >= 4 is 5.97 Å². The molecule has 0 spiro atoms. The van der Waals surface area contributed by atoms with Crippen LogP contribution in [-0.2, 0) is 6.54 Å². The molecule has 0 saturated heterocycles. The lowest BCUT2D eigenvalue weighted by molar-refractivity contribution is 0.0689. The van der Waals surface area contributed by atoms with Crippen LogP contribution in [-0.4, -0.2) is 51.4 Å². The van der Waals surface area contributed by atoms with Crippen LogP contribution in [0.15, 0.2) is 24.5 Å². The molecule has 2 heterocycles. The van der Waals surface area contributed by atoms with E-state index in [1.807, 2.05) is 31.3 Å². The summed E-state index contributed by atoms with van der Waals surface area (Å²) < 4.78 is 1.73. The van der Waals surface area contributed by atoms with Crippen LogP contribution >= 0.6 is 0 Å². The molecule has 0 fully saturated rings. The number of hydrogen-bond donors (Lipinski definition) is 2. The van der Waals surface area contributed by atoms with Crippen LogP contribution in [0, 0.1) is 0 Å². The molecule has 2 N–H and O–H groups in total. The molecule has 18 heavy (non-hydrogen) atoms. The molecule has 0 atom stereocenters. The predicted molar refractivity (Wildman–Crippen MR) is 67.5 cm³/mol. The summed E-state index contributed by atoms with van der Waals surface area (Å²) in [5.41, 5.74) is 1.83. The smallest absolute Gasteiger partial charge is 0.356 e. The first-order valence-electron chi connectivity index (χ1n) is 5.67. The fourth-order valence-corrected chi connectivity index (χ4v) is 1.70. The summed E-state index contributed by atoms with van der Waals surface area (Å²) in [6.07, 6.45) is 3.63. The molecular weight excluding hydrogens is 232 g/mol. The van der Waals surface area contributed by atoms with E-state index in [9.17, 15) is 4.79 Å². The van der Waals surface area contributed by atoms with Crippen LogP contribution in [0.4, 0.5) is 0 Å². The summed E-state index contributed by atoms with van der Waals surface area (Å²) in [7, 11) is 3.94. The Morgan fingerprint density at radius 1 is 1.56 bits per heavy atom. The Hall–Kier alpha value is -2.08. The number of H-pyrrole nitrogens is 1. The van der Waals surface area contributed by atoms with Gasteiger partial charge in [-0.15, -0.1) is 0 Å². The number of hydrogen-bond acceptors (Lipinski definition) is 3. The van der Waals surface area contributed by atoms with Gasteiger partial charge in [0.1, 0.15) is 0 Å². The summed E-state index contributed by atoms with van der Waals surface area (Å²) in [4.78, 5) is 16.0. The minimum absolute atomic E-state index is 0.0740. The van der Waals surface area contributed by atoms with Crippen molar-refractivity contribution in [3.8, 4) is 11.3 Å². The van der Waals surface area contributed by atoms with E-state index < -0.39 is 5.97 Å². The van der Waals surface area contributed by atoms with Gasteiger partial charge in [-0.1, -0.05) is 0 Å². The Labute approximate surface area is 105 Å². The number of carboxylic acids is 1. The number of nitrogens with zero attached hydrogens (tertiary/aromatic N) is 3. The van der Waals surface area contributed by atoms with Crippen molar-refractivity contribution in [2.45, 2.75) is 6.54 Å². The monoisotopic (exact) mass is 248 g/mol. The maximum atomic E-state index is 11.0. The molecule has 0 amide bonds. The predicted octanol–water partition coefficient (Wildman–Crippen LogP) is 1.14. The molecule has 6 heteroatoms. The Balaban J connectivity index is 2.33. The Morgan fingerprint density at radius 3 is 2.89 bits per heavy atom. The number of aromatic amines is 1. The van der Waals surface area contributed by atoms with E-state index in [-0.39, 0.29) is 5.69 Å². The van der Waals surface area contributed by atoms with E-state index in [0.29, 0.717) is 6.54 Å². The summed E-state index contributed by atoms with van der Waals surface area (Å²) in [6.45, 7) is 1.46. The first-order valence-corrected chi connectivity index (χ1v) is 5.67. The van der Waals surface area contributed by atoms with Crippen molar-refractivity contribution in [3.63, 3.8) is 0 Å². The van der Waals surface area contributed by atoms with Crippen LogP contribution in [0.2, 0.25) is 0 Å². The highest BCUT2D eigenvalue weighted by Gasteiger charge is 2.14. The van der Waals surface area contributed by atoms with E-state index in [2.05, 4.69) is 10.1 Å². The average molecular weight is 248 g/mol. The zero-order chi connectivity index (χ0) is 13.1. The van der Waals surface area contributed by atoms with Gasteiger partial charge in [-0.25, -0.2) is 4.79 Å². The zero-order valence-electron chi connectivity index (χ0n) is 10.4. The fraction of sp³-hybridized carbons (Fsp3) is 0.333. The molecule has 0 aromatic carbocycles. The number of aromatic carboxylic acids is 1. The quantitative estimate of drug-likeness (QED) is 0.832. The molecule has 0 bridgehead atoms. The third-order valence-electron chi connectivity index (χ3n) is 2.65. The molecule has 0 aliphatic rings. The highest BCUT2D eigenvalue weighted by molar-refractivity contribution is 5.86. The molecule has 0 aliphatic heterocycles. The van der Waals surface area contributed by atoms with E-state index in [0.717, 1.165) is 17.8 Å². The number of rotatable bonds is 5. The fourth-order valence-electron chi connectivity index (χ4n) is 1.70.